The van der Waals surface area contributed by atoms with Crippen LogP contribution in [0.15, 0.2) is 24.4 Å². The summed E-state index contributed by atoms with van der Waals surface area (Å²) in [6.45, 7) is 5.41. The molecule has 4 heteroatoms. The normalized spacial score (nSPS) is 20.3. The van der Waals surface area contributed by atoms with Crippen LogP contribution < -0.4 is 5.32 Å². The molecule has 1 aliphatic rings. The third kappa shape index (κ3) is 4.90. The van der Waals surface area contributed by atoms with Crippen molar-refractivity contribution in [1.82, 2.24) is 20.1 Å². The molecule has 1 N–H and O–H groups in total. The molecular formula is C15H26N4. The van der Waals surface area contributed by atoms with Gasteiger partial charge in [-0.15, -0.1) is 0 Å². The summed E-state index contributed by atoms with van der Waals surface area (Å²) in [4.78, 5) is 9.22. The largest absolute Gasteiger partial charge is 0.310 e. The second-order valence-electron chi connectivity index (χ2n) is 5.54. The maximum Gasteiger partial charge on any atom is 0.0541 e. The van der Waals surface area contributed by atoms with E-state index in [-0.39, 0.29) is 0 Å². The number of likely N-dealkylation sites (tertiary alicyclic amines) is 1. The summed E-state index contributed by atoms with van der Waals surface area (Å²) in [7, 11) is 4.46. The fourth-order valence-corrected chi connectivity index (χ4v) is 2.65. The van der Waals surface area contributed by atoms with Gasteiger partial charge in [0, 0.05) is 38.4 Å². The van der Waals surface area contributed by atoms with Gasteiger partial charge < -0.3 is 15.1 Å². The minimum Gasteiger partial charge on any atom is -0.310 e. The predicted molar refractivity (Wildman–Crippen MR) is 79.1 cm³/mol. The Bertz CT molecular complexity index is 354. The van der Waals surface area contributed by atoms with Crippen LogP contribution in [0.1, 0.15) is 18.5 Å². The number of nitrogens with one attached hydrogen (secondary N) is 1. The van der Waals surface area contributed by atoms with Crippen LogP contribution in [0, 0.1) is 0 Å². The highest BCUT2D eigenvalue weighted by Crippen LogP contribution is 2.14. The van der Waals surface area contributed by atoms with Crippen LogP contribution in [0.25, 0.3) is 0 Å². The van der Waals surface area contributed by atoms with Gasteiger partial charge in [0.05, 0.1) is 5.69 Å². The van der Waals surface area contributed by atoms with Gasteiger partial charge in [0.2, 0.25) is 0 Å². The predicted octanol–water partition coefficient (Wildman–Crippen LogP) is 1.20. The van der Waals surface area contributed by atoms with Crippen LogP contribution in [-0.4, -0.2) is 61.1 Å². The summed E-state index contributed by atoms with van der Waals surface area (Å²) < 4.78 is 0. The maximum absolute atomic E-state index is 4.31. The fraction of sp³-hybridized carbons (Fsp3) is 0.667. The van der Waals surface area contributed by atoms with Crippen LogP contribution >= 0.6 is 0 Å². The van der Waals surface area contributed by atoms with Crippen LogP contribution in [0.5, 0.6) is 0 Å². The van der Waals surface area contributed by atoms with Crippen LogP contribution in [-0.2, 0) is 6.54 Å². The van der Waals surface area contributed by atoms with Crippen molar-refractivity contribution in [3.63, 3.8) is 0 Å². The summed E-state index contributed by atoms with van der Waals surface area (Å²) >= 11 is 0. The van der Waals surface area contributed by atoms with Crippen molar-refractivity contribution in [3.8, 4) is 0 Å². The summed E-state index contributed by atoms with van der Waals surface area (Å²) in [5.74, 6) is 0. The monoisotopic (exact) mass is 262 g/mol. The zero-order chi connectivity index (χ0) is 13.5. The maximum atomic E-state index is 4.31. The molecule has 0 aromatic carbocycles. The molecule has 0 bridgehead atoms. The smallest absolute Gasteiger partial charge is 0.0541 e. The van der Waals surface area contributed by atoms with E-state index in [2.05, 4.69) is 40.3 Å². The van der Waals surface area contributed by atoms with Crippen molar-refractivity contribution in [3.05, 3.63) is 30.1 Å². The molecule has 0 amide bonds. The molecule has 1 atom stereocenters. The summed E-state index contributed by atoms with van der Waals surface area (Å²) in [5.41, 5.74) is 1.11. The zero-order valence-electron chi connectivity index (χ0n) is 12.2. The average molecular weight is 262 g/mol. The van der Waals surface area contributed by atoms with Crippen molar-refractivity contribution in [2.24, 2.45) is 0 Å². The quantitative estimate of drug-likeness (QED) is 0.748. The lowest BCUT2D eigenvalue weighted by Gasteiger charge is -2.25. The number of hydrogen-bond acceptors (Lipinski definition) is 4. The highest BCUT2D eigenvalue weighted by Gasteiger charge is 2.21. The fourth-order valence-electron chi connectivity index (χ4n) is 2.65. The summed E-state index contributed by atoms with van der Waals surface area (Å²) in [5, 5.41) is 3.45. The Morgan fingerprint density at radius 3 is 3.05 bits per heavy atom. The first-order valence-corrected chi connectivity index (χ1v) is 7.25. The average Bonchev–Trinajstić information content (AvgIpc) is 2.82. The van der Waals surface area contributed by atoms with Gasteiger partial charge in [-0.2, -0.15) is 0 Å². The van der Waals surface area contributed by atoms with Gasteiger partial charge >= 0.3 is 0 Å². The van der Waals surface area contributed by atoms with Crippen molar-refractivity contribution >= 4 is 0 Å². The van der Waals surface area contributed by atoms with E-state index in [1.54, 1.807) is 0 Å². The molecule has 1 aliphatic heterocycles. The third-order valence-corrected chi connectivity index (χ3v) is 3.90. The molecule has 1 aromatic rings. The van der Waals surface area contributed by atoms with Gasteiger partial charge in [-0.3, -0.25) is 4.98 Å². The minimum atomic E-state index is 0.751. The Balaban J connectivity index is 1.57. The third-order valence-electron chi connectivity index (χ3n) is 3.90. The topological polar surface area (TPSA) is 31.4 Å². The molecule has 0 aliphatic carbocycles. The van der Waals surface area contributed by atoms with Gasteiger partial charge in [0.25, 0.3) is 0 Å². The molecule has 1 aromatic heterocycles. The molecule has 0 radical (unpaired) electrons. The number of likely N-dealkylation sites (N-methyl/N-ethyl adjacent to an activating group) is 2. The molecule has 1 unspecified atom stereocenters. The Hall–Kier alpha value is -0.970. The lowest BCUT2D eigenvalue weighted by atomic mass is 10.2. The summed E-state index contributed by atoms with van der Waals surface area (Å²) in [6.07, 6.45) is 4.55. The van der Waals surface area contributed by atoms with Gasteiger partial charge in [-0.1, -0.05) is 6.07 Å². The molecule has 2 rings (SSSR count). The van der Waals surface area contributed by atoms with E-state index < -0.39 is 0 Å². The Morgan fingerprint density at radius 2 is 2.37 bits per heavy atom. The highest BCUT2D eigenvalue weighted by atomic mass is 15.2. The molecule has 2 heterocycles. The van der Waals surface area contributed by atoms with Gasteiger partial charge in [-0.05, 0) is 45.6 Å². The van der Waals surface area contributed by atoms with E-state index in [9.17, 15) is 0 Å². The molecule has 19 heavy (non-hydrogen) atoms. The van der Waals surface area contributed by atoms with E-state index in [4.69, 9.17) is 0 Å². The molecule has 1 fully saturated rings. The van der Waals surface area contributed by atoms with Gasteiger partial charge in [0.1, 0.15) is 0 Å². The van der Waals surface area contributed by atoms with Crippen LogP contribution in [0.3, 0.4) is 0 Å². The Morgan fingerprint density at radius 1 is 1.47 bits per heavy atom. The summed E-state index contributed by atoms with van der Waals surface area (Å²) in [6, 6.07) is 6.80. The van der Waals surface area contributed by atoms with E-state index in [1.807, 2.05) is 18.3 Å². The first kappa shape index (κ1) is 14.4. The number of hydrogen-bond donors (Lipinski definition) is 1. The second-order valence-corrected chi connectivity index (χ2v) is 5.54. The van der Waals surface area contributed by atoms with E-state index in [0.29, 0.717) is 0 Å². The second kappa shape index (κ2) is 7.58. The van der Waals surface area contributed by atoms with Crippen molar-refractivity contribution in [2.45, 2.75) is 25.4 Å². The molecule has 106 valence electrons. The molecule has 4 nitrogen and oxygen atoms in total. The Kier molecular flexibility index (Phi) is 5.76. The van der Waals surface area contributed by atoms with E-state index >= 15 is 0 Å². The molecular weight excluding hydrogens is 236 g/mol. The molecule has 0 saturated carbocycles. The highest BCUT2D eigenvalue weighted by molar-refractivity contribution is 5.02. The number of aromatic nitrogens is 1. The first-order valence-electron chi connectivity index (χ1n) is 7.25. The van der Waals surface area contributed by atoms with Crippen molar-refractivity contribution in [2.75, 3.05) is 40.3 Å². The van der Waals surface area contributed by atoms with E-state index in [1.165, 1.54) is 25.9 Å². The zero-order valence-corrected chi connectivity index (χ0v) is 12.2. The first-order chi connectivity index (χ1) is 9.25. The lowest BCUT2D eigenvalue weighted by molar-refractivity contribution is 0.220. The molecule has 1 saturated heterocycles. The van der Waals surface area contributed by atoms with Crippen LogP contribution in [0.4, 0.5) is 0 Å². The standard InChI is InChI=1S/C15H26N4/c1-18(13-15-7-5-10-19(15)2)11-9-16-12-14-6-3-4-8-17-14/h3-4,6,8,15-16H,5,7,9-13H2,1-2H3. The van der Waals surface area contributed by atoms with E-state index in [0.717, 1.165) is 31.4 Å². The van der Waals surface area contributed by atoms with Crippen molar-refractivity contribution in [1.29, 1.82) is 0 Å². The van der Waals surface area contributed by atoms with Crippen LogP contribution in [0.2, 0.25) is 0 Å². The molecule has 0 spiro atoms. The Labute approximate surface area is 116 Å². The minimum absolute atomic E-state index is 0.751. The lowest BCUT2D eigenvalue weighted by Crippen LogP contribution is -2.39. The van der Waals surface area contributed by atoms with Gasteiger partial charge in [-0.25, -0.2) is 0 Å². The SMILES string of the molecule is CN(CCNCc1ccccn1)CC1CCCN1C. The number of rotatable bonds is 7. The van der Waals surface area contributed by atoms with Gasteiger partial charge in [0.15, 0.2) is 0 Å². The van der Waals surface area contributed by atoms with Crippen molar-refractivity contribution < 1.29 is 0 Å². The number of nitrogens with zero attached hydrogens (tertiary/aromatic N) is 3. The number of pyridine rings is 1.